The van der Waals surface area contributed by atoms with Crippen molar-refractivity contribution >= 4 is 15.5 Å². The summed E-state index contributed by atoms with van der Waals surface area (Å²) >= 11 is 0. The molecule has 12 heavy (non-hydrogen) atoms. The molecule has 0 radical (unpaired) electrons. The molecule has 0 saturated carbocycles. The van der Waals surface area contributed by atoms with Gasteiger partial charge in [0.25, 0.3) is 0 Å². The summed E-state index contributed by atoms with van der Waals surface area (Å²) in [6.07, 6.45) is 1.07. The van der Waals surface area contributed by atoms with Crippen molar-refractivity contribution in [3.8, 4) is 0 Å². The Kier molecular flexibility index (Phi) is 2.11. The largest absolute Gasteiger partial charge is 0.403 e. The minimum absolute atomic E-state index is 0.0347. The minimum Gasteiger partial charge on any atom is -0.224 e. The third-order valence-corrected chi connectivity index (χ3v) is 2.52. The van der Waals surface area contributed by atoms with E-state index in [9.17, 15) is 8.42 Å². The molecule has 0 aliphatic heterocycles. The Morgan fingerprint density at radius 2 is 1.92 bits per heavy atom. The molecule has 0 aromatic heterocycles. The second-order valence-electron chi connectivity index (χ2n) is 2.34. The number of sulfone groups is 1. The Labute approximate surface area is 70.4 Å². The third kappa shape index (κ3) is 1.60. The first kappa shape index (κ1) is 8.68. The lowest BCUT2D eigenvalue weighted by molar-refractivity contribution is 0.602. The first-order chi connectivity index (χ1) is 5.55. The smallest absolute Gasteiger partial charge is 0.224 e. The molecule has 0 bridgehead atoms. The van der Waals surface area contributed by atoms with Gasteiger partial charge in [0.1, 0.15) is 0 Å². The quantitative estimate of drug-likeness (QED) is 0.621. The van der Waals surface area contributed by atoms with Gasteiger partial charge in [-0.2, -0.15) is 0 Å². The molecule has 62 valence electrons. The van der Waals surface area contributed by atoms with Gasteiger partial charge in [-0.15, -0.1) is 0 Å². The van der Waals surface area contributed by atoms with Crippen LogP contribution in [-0.2, 0) is 9.84 Å². The summed E-state index contributed by atoms with van der Waals surface area (Å²) in [5, 5.41) is 8.44. The van der Waals surface area contributed by atoms with Crippen LogP contribution in [0.2, 0.25) is 0 Å². The van der Waals surface area contributed by atoms with Gasteiger partial charge in [0, 0.05) is 12.3 Å². The van der Waals surface area contributed by atoms with Gasteiger partial charge in [-0.1, -0.05) is 12.1 Å². The maximum absolute atomic E-state index is 11.0. The summed E-state index contributed by atoms with van der Waals surface area (Å²) in [6.45, 7) is 0. The predicted molar refractivity (Wildman–Crippen MR) is 44.3 cm³/mol. The molecule has 0 atom stereocenters. The summed E-state index contributed by atoms with van der Waals surface area (Å²) in [6, 6.07) is 6.00. The van der Waals surface area contributed by atoms with Gasteiger partial charge >= 0.3 is 5.69 Å². The zero-order valence-electron chi connectivity index (χ0n) is 6.43. The zero-order chi connectivity index (χ0) is 9.19. The molecule has 0 unspecified atom stereocenters. The molecule has 1 aromatic rings. The van der Waals surface area contributed by atoms with E-state index in [0.717, 1.165) is 6.26 Å². The topological polar surface area (TPSA) is 62.3 Å². The number of rotatable bonds is 1. The molecule has 1 aromatic carbocycles. The summed E-state index contributed by atoms with van der Waals surface area (Å²) in [5.74, 6) is 0. The van der Waals surface area contributed by atoms with E-state index in [1.54, 1.807) is 12.1 Å². The van der Waals surface area contributed by atoms with Crippen molar-refractivity contribution < 1.29 is 8.42 Å². The van der Waals surface area contributed by atoms with Crippen LogP contribution in [0, 0.1) is 5.39 Å². The van der Waals surface area contributed by atoms with E-state index >= 15 is 0 Å². The fourth-order valence-corrected chi connectivity index (χ4v) is 1.67. The van der Waals surface area contributed by atoms with Crippen LogP contribution in [0.3, 0.4) is 0 Å². The van der Waals surface area contributed by atoms with Crippen molar-refractivity contribution in [2.75, 3.05) is 6.26 Å². The van der Waals surface area contributed by atoms with Gasteiger partial charge in [0.2, 0.25) is 5.39 Å². The molecule has 0 aliphatic carbocycles. The standard InChI is InChI=1S/C7H7N2O2S/c1-12(10,11)7-5-3-2-4-6(7)9-8/h2-5H,1H3/q+1. The molecule has 0 saturated heterocycles. The highest BCUT2D eigenvalue weighted by atomic mass is 32.2. The van der Waals surface area contributed by atoms with Crippen molar-refractivity contribution in [1.29, 1.82) is 5.39 Å². The maximum atomic E-state index is 11.0. The third-order valence-electron chi connectivity index (χ3n) is 1.37. The normalized spacial score (nSPS) is 10.7. The predicted octanol–water partition coefficient (Wildman–Crippen LogP) is 1.57. The highest BCUT2D eigenvalue weighted by molar-refractivity contribution is 7.90. The highest BCUT2D eigenvalue weighted by Gasteiger charge is 2.20. The molecule has 0 spiro atoms. The Morgan fingerprint density at radius 3 is 2.33 bits per heavy atom. The molecule has 0 aliphatic rings. The SMILES string of the molecule is CS(=O)(=O)c1ccccc1[N+]#N. The first-order valence-electron chi connectivity index (χ1n) is 3.20. The van der Waals surface area contributed by atoms with Gasteiger partial charge < -0.3 is 0 Å². The summed E-state index contributed by atoms with van der Waals surface area (Å²) in [4.78, 5) is 2.89. The molecule has 0 fully saturated rings. The van der Waals surface area contributed by atoms with E-state index in [4.69, 9.17) is 5.39 Å². The van der Waals surface area contributed by atoms with E-state index in [1.807, 2.05) is 0 Å². The number of benzene rings is 1. The summed E-state index contributed by atoms with van der Waals surface area (Å²) in [7, 11) is -3.30. The van der Waals surface area contributed by atoms with Gasteiger partial charge in [-0.25, -0.2) is 8.42 Å². The minimum atomic E-state index is -3.30. The lowest BCUT2D eigenvalue weighted by atomic mass is 10.3. The van der Waals surface area contributed by atoms with Crippen molar-refractivity contribution in [3.05, 3.63) is 29.2 Å². The van der Waals surface area contributed by atoms with Gasteiger partial charge in [-0.05, 0) is 6.07 Å². The Morgan fingerprint density at radius 1 is 1.33 bits per heavy atom. The van der Waals surface area contributed by atoms with E-state index in [2.05, 4.69) is 4.98 Å². The highest BCUT2D eigenvalue weighted by Crippen LogP contribution is 2.22. The van der Waals surface area contributed by atoms with Crippen LogP contribution in [0.5, 0.6) is 0 Å². The lowest BCUT2D eigenvalue weighted by Gasteiger charge is -1.91. The fourth-order valence-electron chi connectivity index (χ4n) is 0.853. The molecule has 0 heterocycles. The Bertz CT molecular complexity index is 431. The van der Waals surface area contributed by atoms with Crippen molar-refractivity contribution in [2.24, 2.45) is 0 Å². The monoisotopic (exact) mass is 183 g/mol. The molecular formula is C7H7N2O2S+. The van der Waals surface area contributed by atoms with Gasteiger partial charge in [0.15, 0.2) is 19.7 Å². The van der Waals surface area contributed by atoms with Crippen molar-refractivity contribution in [3.63, 3.8) is 0 Å². The molecule has 0 amide bonds. The zero-order valence-corrected chi connectivity index (χ0v) is 7.25. The number of diazo groups is 1. The van der Waals surface area contributed by atoms with Crippen molar-refractivity contribution in [2.45, 2.75) is 4.90 Å². The van der Waals surface area contributed by atoms with E-state index < -0.39 is 9.84 Å². The van der Waals surface area contributed by atoms with E-state index in [1.165, 1.54) is 12.1 Å². The van der Waals surface area contributed by atoms with Crippen LogP contribution in [0.4, 0.5) is 5.69 Å². The molecule has 5 heteroatoms. The van der Waals surface area contributed by atoms with Gasteiger partial charge in [0.05, 0.1) is 0 Å². The van der Waals surface area contributed by atoms with Crippen LogP contribution < -0.4 is 0 Å². The lowest BCUT2D eigenvalue weighted by Crippen LogP contribution is -1.96. The average molecular weight is 183 g/mol. The summed E-state index contributed by atoms with van der Waals surface area (Å²) in [5.41, 5.74) is 0.0694. The molecule has 1 rings (SSSR count). The van der Waals surface area contributed by atoms with Gasteiger partial charge in [-0.3, -0.25) is 0 Å². The van der Waals surface area contributed by atoms with Crippen LogP contribution in [-0.4, -0.2) is 14.7 Å². The Hall–Kier alpha value is -1.41. The number of nitrogens with zero attached hydrogens (tertiary/aromatic N) is 2. The second kappa shape index (κ2) is 2.91. The first-order valence-corrected chi connectivity index (χ1v) is 5.09. The molecule has 4 nitrogen and oxygen atoms in total. The number of hydrogen-bond acceptors (Lipinski definition) is 3. The van der Waals surface area contributed by atoms with Crippen LogP contribution in [0.15, 0.2) is 29.2 Å². The summed E-state index contributed by atoms with van der Waals surface area (Å²) < 4.78 is 22.1. The molecular weight excluding hydrogens is 176 g/mol. The fraction of sp³-hybridized carbons (Fsp3) is 0.143. The maximum Gasteiger partial charge on any atom is 0.403 e. The second-order valence-corrected chi connectivity index (χ2v) is 4.32. The van der Waals surface area contributed by atoms with Crippen LogP contribution in [0.25, 0.3) is 4.98 Å². The average Bonchev–Trinajstić information content (AvgIpc) is 2.03. The number of hydrogen-bond donors (Lipinski definition) is 0. The van der Waals surface area contributed by atoms with Crippen LogP contribution >= 0.6 is 0 Å². The molecule has 0 N–H and O–H groups in total. The van der Waals surface area contributed by atoms with E-state index in [0.29, 0.717) is 0 Å². The Balaban J connectivity index is 3.47. The van der Waals surface area contributed by atoms with E-state index in [-0.39, 0.29) is 10.6 Å². The van der Waals surface area contributed by atoms with Crippen molar-refractivity contribution in [1.82, 2.24) is 0 Å². The van der Waals surface area contributed by atoms with Crippen LogP contribution in [0.1, 0.15) is 0 Å².